The second-order valence-electron chi connectivity index (χ2n) is 5.78. The predicted molar refractivity (Wildman–Crippen MR) is 86.7 cm³/mol. The number of benzene rings is 1. The molecule has 2 amide bonds. The lowest BCUT2D eigenvalue weighted by molar-refractivity contribution is -0.126. The second kappa shape index (κ2) is 9.61. The minimum absolute atomic E-state index is 0.0984. The molecule has 0 unspecified atom stereocenters. The number of Topliss-reactive ketones (excluding diaryl/α,β-unsaturated/α-hetero) is 1. The maximum absolute atomic E-state index is 11.8. The number of amides is 2. The van der Waals surface area contributed by atoms with Gasteiger partial charge in [0.1, 0.15) is 13.2 Å². The Balaban J connectivity index is 2.31. The SMILES string of the molecule is CC(=O)[C@H](CC(C)C)NC(=O)CNC(=O)OCc1ccccc1. The van der Waals surface area contributed by atoms with Crippen molar-refractivity contribution >= 4 is 17.8 Å². The molecular formula is C17H24N2O4. The van der Waals surface area contributed by atoms with Crippen LogP contribution in [-0.2, 0) is 20.9 Å². The van der Waals surface area contributed by atoms with Gasteiger partial charge in [-0.2, -0.15) is 0 Å². The first-order chi connectivity index (χ1) is 10.9. The fourth-order valence-corrected chi connectivity index (χ4v) is 1.97. The van der Waals surface area contributed by atoms with Gasteiger partial charge in [-0.1, -0.05) is 44.2 Å². The number of nitrogens with one attached hydrogen (secondary N) is 2. The van der Waals surface area contributed by atoms with Gasteiger partial charge >= 0.3 is 6.09 Å². The van der Waals surface area contributed by atoms with E-state index >= 15 is 0 Å². The Kier molecular flexibility index (Phi) is 7.80. The Hall–Kier alpha value is -2.37. The van der Waals surface area contributed by atoms with Crippen LogP contribution in [0.4, 0.5) is 4.79 Å². The quantitative estimate of drug-likeness (QED) is 0.767. The van der Waals surface area contributed by atoms with Crippen molar-refractivity contribution in [3.05, 3.63) is 35.9 Å². The molecule has 0 aromatic heterocycles. The fourth-order valence-electron chi connectivity index (χ4n) is 1.97. The average molecular weight is 320 g/mol. The minimum Gasteiger partial charge on any atom is -0.445 e. The van der Waals surface area contributed by atoms with Crippen molar-refractivity contribution in [2.45, 2.75) is 39.8 Å². The molecule has 0 saturated heterocycles. The lowest BCUT2D eigenvalue weighted by Gasteiger charge is -2.18. The Bertz CT molecular complexity index is 529. The molecule has 0 fully saturated rings. The number of hydrogen-bond acceptors (Lipinski definition) is 4. The Morgan fingerprint density at radius 2 is 1.78 bits per heavy atom. The van der Waals surface area contributed by atoms with E-state index in [9.17, 15) is 14.4 Å². The summed E-state index contributed by atoms with van der Waals surface area (Å²) in [4.78, 5) is 34.8. The Morgan fingerprint density at radius 1 is 1.13 bits per heavy atom. The maximum Gasteiger partial charge on any atom is 0.407 e. The second-order valence-corrected chi connectivity index (χ2v) is 5.78. The first kappa shape index (κ1) is 18.7. The van der Waals surface area contributed by atoms with Crippen LogP contribution >= 0.6 is 0 Å². The van der Waals surface area contributed by atoms with Gasteiger partial charge in [-0.3, -0.25) is 9.59 Å². The van der Waals surface area contributed by atoms with Crippen molar-refractivity contribution in [3.63, 3.8) is 0 Å². The summed E-state index contributed by atoms with van der Waals surface area (Å²) in [5.74, 6) is -0.228. The van der Waals surface area contributed by atoms with Crippen molar-refractivity contribution in [3.8, 4) is 0 Å². The molecule has 126 valence electrons. The van der Waals surface area contributed by atoms with Crippen LogP contribution in [0.2, 0.25) is 0 Å². The third kappa shape index (κ3) is 7.99. The molecule has 0 spiro atoms. The van der Waals surface area contributed by atoms with Crippen molar-refractivity contribution in [1.82, 2.24) is 10.6 Å². The number of ether oxygens (including phenoxy) is 1. The van der Waals surface area contributed by atoms with E-state index < -0.39 is 18.0 Å². The van der Waals surface area contributed by atoms with Crippen molar-refractivity contribution in [2.24, 2.45) is 5.92 Å². The number of carbonyl (C=O) groups excluding carboxylic acids is 3. The number of carbonyl (C=O) groups is 3. The van der Waals surface area contributed by atoms with Gasteiger partial charge in [0.15, 0.2) is 5.78 Å². The zero-order valence-electron chi connectivity index (χ0n) is 13.8. The molecular weight excluding hydrogens is 296 g/mol. The molecule has 23 heavy (non-hydrogen) atoms. The number of ketones is 1. The molecule has 2 N–H and O–H groups in total. The molecule has 1 aromatic carbocycles. The highest BCUT2D eigenvalue weighted by molar-refractivity contribution is 5.89. The summed E-state index contributed by atoms with van der Waals surface area (Å²) >= 11 is 0. The lowest BCUT2D eigenvalue weighted by Crippen LogP contribution is -2.45. The summed E-state index contributed by atoms with van der Waals surface area (Å²) < 4.78 is 5.00. The van der Waals surface area contributed by atoms with Gasteiger partial charge in [0.2, 0.25) is 5.91 Å². The van der Waals surface area contributed by atoms with Crippen molar-refractivity contribution in [2.75, 3.05) is 6.54 Å². The van der Waals surface area contributed by atoms with Crippen molar-refractivity contribution < 1.29 is 19.1 Å². The summed E-state index contributed by atoms with van der Waals surface area (Å²) in [6, 6.07) is 8.72. The minimum atomic E-state index is -0.674. The van der Waals surface area contributed by atoms with E-state index in [1.54, 1.807) is 0 Å². The summed E-state index contributed by atoms with van der Waals surface area (Å²) in [6.07, 6.45) is -0.105. The third-order valence-electron chi connectivity index (χ3n) is 3.14. The van der Waals surface area contributed by atoms with Gasteiger partial charge in [0.25, 0.3) is 0 Å². The van der Waals surface area contributed by atoms with Crippen LogP contribution < -0.4 is 10.6 Å². The van der Waals surface area contributed by atoms with Crippen LogP contribution in [-0.4, -0.2) is 30.4 Å². The van der Waals surface area contributed by atoms with Gasteiger partial charge in [-0.05, 0) is 24.8 Å². The topological polar surface area (TPSA) is 84.5 Å². The molecule has 1 aromatic rings. The number of hydrogen-bond donors (Lipinski definition) is 2. The monoisotopic (exact) mass is 320 g/mol. The lowest BCUT2D eigenvalue weighted by atomic mass is 10.0. The zero-order valence-corrected chi connectivity index (χ0v) is 13.8. The summed E-state index contributed by atoms with van der Waals surface area (Å²) in [5.41, 5.74) is 0.862. The number of rotatable bonds is 8. The van der Waals surface area contributed by atoms with Crippen LogP contribution in [0.15, 0.2) is 30.3 Å². The first-order valence-electron chi connectivity index (χ1n) is 7.63. The molecule has 0 heterocycles. The van der Waals surface area contributed by atoms with E-state index in [0.29, 0.717) is 6.42 Å². The van der Waals surface area contributed by atoms with E-state index in [-0.39, 0.29) is 24.9 Å². The Morgan fingerprint density at radius 3 is 2.35 bits per heavy atom. The molecule has 1 rings (SSSR count). The van der Waals surface area contributed by atoms with Gasteiger partial charge in [0.05, 0.1) is 6.04 Å². The van der Waals surface area contributed by atoms with Crippen LogP contribution in [0.1, 0.15) is 32.8 Å². The summed E-state index contributed by atoms with van der Waals surface area (Å²) in [5, 5.41) is 4.98. The van der Waals surface area contributed by atoms with Gasteiger partial charge in [0, 0.05) is 0 Å². The third-order valence-corrected chi connectivity index (χ3v) is 3.14. The molecule has 0 aliphatic carbocycles. The maximum atomic E-state index is 11.8. The molecule has 6 nitrogen and oxygen atoms in total. The Labute approximate surface area is 136 Å². The van der Waals surface area contributed by atoms with Crippen LogP contribution in [0, 0.1) is 5.92 Å². The van der Waals surface area contributed by atoms with Gasteiger partial charge < -0.3 is 15.4 Å². The molecule has 1 atom stereocenters. The van der Waals surface area contributed by atoms with Gasteiger partial charge in [-0.15, -0.1) is 0 Å². The highest BCUT2D eigenvalue weighted by Gasteiger charge is 2.18. The molecule has 0 aliphatic heterocycles. The molecule has 0 saturated carbocycles. The fraction of sp³-hybridized carbons (Fsp3) is 0.471. The largest absolute Gasteiger partial charge is 0.445 e. The molecule has 0 radical (unpaired) electrons. The van der Waals surface area contributed by atoms with E-state index in [1.165, 1.54) is 6.92 Å². The van der Waals surface area contributed by atoms with Gasteiger partial charge in [-0.25, -0.2) is 4.79 Å². The summed E-state index contributed by atoms with van der Waals surface area (Å²) in [7, 11) is 0. The molecule has 0 bridgehead atoms. The van der Waals surface area contributed by atoms with E-state index in [4.69, 9.17) is 4.74 Å². The first-order valence-corrected chi connectivity index (χ1v) is 7.63. The smallest absolute Gasteiger partial charge is 0.407 e. The van der Waals surface area contributed by atoms with E-state index in [2.05, 4.69) is 10.6 Å². The predicted octanol–water partition coefficient (Wildman–Crippen LogP) is 2.03. The molecule has 0 aliphatic rings. The highest BCUT2D eigenvalue weighted by Crippen LogP contribution is 2.05. The number of alkyl carbamates (subject to hydrolysis) is 1. The van der Waals surface area contributed by atoms with E-state index in [0.717, 1.165) is 5.56 Å². The van der Waals surface area contributed by atoms with Crippen molar-refractivity contribution in [1.29, 1.82) is 0 Å². The average Bonchev–Trinajstić information content (AvgIpc) is 2.50. The normalized spacial score (nSPS) is 11.7. The molecule has 6 heteroatoms. The highest BCUT2D eigenvalue weighted by atomic mass is 16.5. The van der Waals surface area contributed by atoms with Crippen LogP contribution in [0.5, 0.6) is 0 Å². The standard InChI is InChI=1S/C17H24N2O4/c1-12(2)9-15(13(3)20)19-16(21)10-18-17(22)23-11-14-7-5-4-6-8-14/h4-8,12,15H,9-11H2,1-3H3,(H,18,22)(H,19,21)/t15-/m0/s1. The van der Waals surface area contributed by atoms with Crippen LogP contribution in [0.3, 0.4) is 0 Å². The zero-order chi connectivity index (χ0) is 17.2. The van der Waals surface area contributed by atoms with Crippen LogP contribution in [0.25, 0.3) is 0 Å². The van der Waals surface area contributed by atoms with E-state index in [1.807, 2.05) is 44.2 Å². The summed E-state index contributed by atoms with van der Waals surface area (Å²) in [6.45, 7) is 5.30.